The van der Waals surface area contributed by atoms with Crippen molar-refractivity contribution in [3.8, 4) is 0 Å². The van der Waals surface area contributed by atoms with Crippen LogP contribution in [0.15, 0.2) is 32.9 Å². The van der Waals surface area contributed by atoms with Gasteiger partial charge in [0.25, 0.3) is 0 Å². The zero-order valence-corrected chi connectivity index (χ0v) is 13.9. The van der Waals surface area contributed by atoms with E-state index in [2.05, 4.69) is 15.5 Å². The normalized spacial score (nSPS) is 13.7. The number of nitrogens with one attached hydrogen (secondary N) is 1. The second-order valence-electron chi connectivity index (χ2n) is 4.59. The van der Waals surface area contributed by atoms with Crippen LogP contribution in [0.2, 0.25) is 5.02 Å². The SMILES string of the molecule is CC(N)C(C)C(=O)Nc1ccc(Sc2nncs2)c(Cl)c1. The van der Waals surface area contributed by atoms with Crippen molar-refractivity contribution in [2.45, 2.75) is 29.1 Å². The molecule has 0 saturated carbocycles. The van der Waals surface area contributed by atoms with Crippen LogP contribution in [-0.4, -0.2) is 22.1 Å². The first kappa shape index (κ1) is 16.2. The van der Waals surface area contributed by atoms with Crippen LogP contribution in [0.25, 0.3) is 0 Å². The Balaban J connectivity index is 2.07. The standard InChI is InChI=1S/C13H15ClN4OS2/c1-7(8(2)15)12(19)17-9-3-4-11(10(14)5-9)21-13-18-16-6-20-13/h3-8H,15H2,1-2H3,(H,17,19). The lowest BCUT2D eigenvalue weighted by atomic mass is 10.0. The Kier molecular flexibility index (Phi) is 5.58. The monoisotopic (exact) mass is 342 g/mol. The van der Waals surface area contributed by atoms with Crippen molar-refractivity contribution in [2.75, 3.05) is 5.32 Å². The molecule has 1 aromatic carbocycles. The lowest BCUT2D eigenvalue weighted by molar-refractivity contribution is -0.119. The summed E-state index contributed by atoms with van der Waals surface area (Å²) in [6.07, 6.45) is 0. The van der Waals surface area contributed by atoms with Crippen molar-refractivity contribution in [3.05, 3.63) is 28.7 Å². The van der Waals surface area contributed by atoms with Crippen LogP contribution in [0.5, 0.6) is 0 Å². The third kappa shape index (κ3) is 4.41. The van der Waals surface area contributed by atoms with Gasteiger partial charge in [0.2, 0.25) is 5.91 Å². The number of hydrogen-bond donors (Lipinski definition) is 2. The average Bonchev–Trinajstić information content (AvgIpc) is 2.93. The molecule has 8 heteroatoms. The number of nitrogens with zero attached hydrogens (tertiary/aromatic N) is 2. The number of carbonyl (C=O) groups is 1. The van der Waals surface area contributed by atoms with Crippen LogP contribution in [0.1, 0.15) is 13.8 Å². The summed E-state index contributed by atoms with van der Waals surface area (Å²) in [5.74, 6) is -0.384. The van der Waals surface area contributed by atoms with Crippen LogP contribution in [-0.2, 0) is 4.79 Å². The molecule has 2 atom stereocenters. The van der Waals surface area contributed by atoms with Gasteiger partial charge in [0.15, 0.2) is 4.34 Å². The van der Waals surface area contributed by atoms with Crippen LogP contribution in [0, 0.1) is 5.92 Å². The summed E-state index contributed by atoms with van der Waals surface area (Å²) >= 11 is 9.12. The fraction of sp³-hybridized carbons (Fsp3) is 0.308. The minimum atomic E-state index is -0.265. The largest absolute Gasteiger partial charge is 0.327 e. The molecular formula is C13H15ClN4OS2. The molecule has 0 fully saturated rings. The first-order chi connectivity index (χ1) is 9.97. The highest BCUT2D eigenvalue weighted by Crippen LogP contribution is 2.35. The minimum absolute atomic E-state index is 0.120. The lowest BCUT2D eigenvalue weighted by Gasteiger charge is -2.15. The van der Waals surface area contributed by atoms with Crippen molar-refractivity contribution in [2.24, 2.45) is 11.7 Å². The first-order valence-electron chi connectivity index (χ1n) is 6.27. The Morgan fingerprint density at radius 2 is 2.24 bits per heavy atom. The highest BCUT2D eigenvalue weighted by molar-refractivity contribution is 8.01. The number of nitrogens with two attached hydrogens (primary N) is 1. The molecule has 0 spiro atoms. The van der Waals surface area contributed by atoms with Gasteiger partial charge in [-0.3, -0.25) is 4.79 Å². The quantitative estimate of drug-likeness (QED) is 0.871. The predicted octanol–water partition coefficient (Wildman–Crippen LogP) is 3.26. The van der Waals surface area contributed by atoms with E-state index in [4.69, 9.17) is 17.3 Å². The summed E-state index contributed by atoms with van der Waals surface area (Å²) in [6.45, 7) is 3.60. The molecular weight excluding hydrogens is 328 g/mol. The van der Waals surface area contributed by atoms with Crippen molar-refractivity contribution in [1.29, 1.82) is 0 Å². The topological polar surface area (TPSA) is 80.9 Å². The second kappa shape index (κ2) is 7.22. The van der Waals surface area contributed by atoms with Gasteiger partial charge in [0, 0.05) is 16.6 Å². The van der Waals surface area contributed by atoms with Gasteiger partial charge in [-0.25, -0.2) is 0 Å². The third-order valence-corrected chi connectivity index (χ3v) is 5.22. The molecule has 21 heavy (non-hydrogen) atoms. The second-order valence-corrected chi connectivity index (χ2v) is 7.12. The molecule has 3 N–H and O–H groups in total. The number of carbonyl (C=O) groups excluding carboxylic acids is 1. The lowest BCUT2D eigenvalue weighted by Crippen LogP contribution is -2.34. The van der Waals surface area contributed by atoms with Crippen molar-refractivity contribution in [3.63, 3.8) is 0 Å². The molecule has 0 bridgehead atoms. The zero-order valence-electron chi connectivity index (χ0n) is 11.5. The summed E-state index contributed by atoms with van der Waals surface area (Å²) in [4.78, 5) is 12.8. The van der Waals surface area contributed by atoms with E-state index in [-0.39, 0.29) is 17.9 Å². The van der Waals surface area contributed by atoms with Gasteiger partial charge in [-0.1, -0.05) is 41.6 Å². The number of halogens is 1. The van der Waals surface area contributed by atoms with Crippen LogP contribution >= 0.6 is 34.7 Å². The number of amides is 1. The number of rotatable bonds is 5. The van der Waals surface area contributed by atoms with Crippen molar-refractivity contribution < 1.29 is 4.79 Å². The van der Waals surface area contributed by atoms with Gasteiger partial charge < -0.3 is 11.1 Å². The minimum Gasteiger partial charge on any atom is -0.327 e. The maximum absolute atomic E-state index is 12.0. The molecule has 5 nitrogen and oxygen atoms in total. The molecule has 1 aromatic heterocycles. The molecule has 1 amide bonds. The van der Waals surface area contributed by atoms with E-state index in [1.807, 2.05) is 6.07 Å². The Morgan fingerprint density at radius 1 is 1.48 bits per heavy atom. The summed E-state index contributed by atoms with van der Waals surface area (Å²) in [5.41, 5.74) is 8.04. The molecule has 1 heterocycles. The third-order valence-electron chi connectivity index (χ3n) is 2.94. The predicted molar refractivity (Wildman–Crippen MR) is 86.9 cm³/mol. The molecule has 2 rings (SSSR count). The van der Waals surface area contributed by atoms with E-state index < -0.39 is 0 Å². The first-order valence-corrected chi connectivity index (χ1v) is 8.35. The molecule has 0 saturated heterocycles. The van der Waals surface area contributed by atoms with Crippen LogP contribution < -0.4 is 11.1 Å². The highest BCUT2D eigenvalue weighted by Gasteiger charge is 2.17. The highest BCUT2D eigenvalue weighted by atomic mass is 35.5. The van der Waals surface area contributed by atoms with Gasteiger partial charge in [0.1, 0.15) is 5.51 Å². The summed E-state index contributed by atoms with van der Waals surface area (Å²) in [6, 6.07) is 5.17. The maximum atomic E-state index is 12.0. The number of benzene rings is 1. The van der Waals surface area contributed by atoms with Gasteiger partial charge in [-0.15, -0.1) is 10.2 Å². The van der Waals surface area contributed by atoms with E-state index in [0.717, 1.165) is 9.24 Å². The van der Waals surface area contributed by atoms with Crippen molar-refractivity contribution in [1.82, 2.24) is 10.2 Å². The molecule has 0 aliphatic heterocycles. The van der Waals surface area contributed by atoms with Crippen LogP contribution in [0.4, 0.5) is 5.69 Å². The fourth-order valence-electron chi connectivity index (χ4n) is 1.46. The Morgan fingerprint density at radius 3 is 2.81 bits per heavy atom. The van der Waals surface area contributed by atoms with Gasteiger partial charge >= 0.3 is 0 Å². The maximum Gasteiger partial charge on any atom is 0.228 e. The molecule has 0 aliphatic rings. The van der Waals surface area contributed by atoms with Gasteiger partial charge in [-0.05, 0) is 25.1 Å². The van der Waals surface area contributed by atoms with Gasteiger partial charge in [-0.2, -0.15) is 0 Å². The molecule has 0 radical (unpaired) electrons. The van der Waals surface area contributed by atoms with E-state index in [1.54, 1.807) is 31.5 Å². The summed E-state index contributed by atoms with van der Waals surface area (Å²) in [5, 5.41) is 11.1. The fourth-order valence-corrected chi connectivity index (χ4v) is 3.19. The zero-order chi connectivity index (χ0) is 15.4. The van der Waals surface area contributed by atoms with E-state index in [1.165, 1.54) is 23.1 Å². The van der Waals surface area contributed by atoms with Crippen molar-refractivity contribution >= 4 is 46.3 Å². The van der Waals surface area contributed by atoms with E-state index >= 15 is 0 Å². The Hall–Kier alpha value is -1.15. The number of hydrogen-bond acceptors (Lipinski definition) is 6. The molecule has 2 aromatic rings. The summed E-state index contributed by atoms with van der Waals surface area (Å²) in [7, 11) is 0. The smallest absolute Gasteiger partial charge is 0.228 e. The average molecular weight is 343 g/mol. The summed E-state index contributed by atoms with van der Waals surface area (Å²) < 4.78 is 0.819. The molecule has 112 valence electrons. The van der Waals surface area contributed by atoms with Gasteiger partial charge in [0.05, 0.1) is 10.9 Å². The Labute approximate surface area is 136 Å². The van der Waals surface area contributed by atoms with Crippen LogP contribution in [0.3, 0.4) is 0 Å². The number of aromatic nitrogens is 2. The molecule has 0 aliphatic carbocycles. The van der Waals surface area contributed by atoms with E-state index in [0.29, 0.717) is 10.7 Å². The molecule has 2 unspecified atom stereocenters. The van der Waals surface area contributed by atoms with E-state index in [9.17, 15) is 4.79 Å². The number of anilines is 1. The Bertz CT molecular complexity index is 619.